The average molecular weight is 795 g/mol. The first-order valence-corrected chi connectivity index (χ1v) is 17.0. The smallest absolute Gasteiger partial charge is 0.475 e. The maximum atomic E-state index is 13.9. The van der Waals surface area contributed by atoms with Gasteiger partial charge in [-0.05, 0) is 44.6 Å². The van der Waals surface area contributed by atoms with Crippen molar-refractivity contribution in [1.29, 1.82) is 0 Å². The Bertz CT molecular complexity index is 1600. The summed E-state index contributed by atoms with van der Waals surface area (Å²) < 4.78 is 68.4. The Balaban J connectivity index is 0.000000633. The van der Waals surface area contributed by atoms with Crippen LogP contribution in [-0.2, 0) is 33.5 Å². The molecule has 0 radical (unpaired) electrons. The summed E-state index contributed by atoms with van der Waals surface area (Å²) in [5, 5.41) is 19.9. The van der Waals surface area contributed by atoms with E-state index < -0.39 is 59.7 Å². The van der Waals surface area contributed by atoms with Gasteiger partial charge in [0.1, 0.15) is 29.6 Å². The first-order valence-electron chi connectivity index (χ1n) is 17.0. The van der Waals surface area contributed by atoms with Gasteiger partial charge in [0.25, 0.3) is 0 Å². The molecule has 1 unspecified atom stereocenters. The number of aliphatic carboxylic acids is 2. The number of H-pyrrole nitrogens is 1. The lowest BCUT2D eigenvalue weighted by atomic mass is 9.84. The van der Waals surface area contributed by atoms with E-state index in [2.05, 4.69) is 20.6 Å². The van der Waals surface area contributed by atoms with Crippen molar-refractivity contribution in [3.63, 3.8) is 0 Å². The Hall–Kier alpha value is -5.21. The van der Waals surface area contributed by atoms with Crippen molar-refractivity contribution in [2.45, 2.75) is 101 Å². The molecule has 1 saturated carbocycles. The van der Waals surface area contributed by atoms with E-state index in [1.54, 1.807) is 18.7 Å². The summed E-state index contributed by atoms with van der Waals surface area (Å²) in [5.74, 6) is -6.85. The molecule has 3 atom stereocenters. The fourth-order valence-corrected chi connectivity index (χ4v) is 5.74. The van der Waals surface area contributed by atoms with Crippen LogP contribution in [0.15, 0.2) is 36.5 Å². The number of likely N-dealkylation sites (tertiary alicyclic amines) is 1. The zero-order valence-electron chi connectivity index (χ0n) is 30.1. The molecule has 2 heterocycles. The fraction of sp³-hybridized carbons (Fsp3) is 0.559. The zero-order chi connectivity index (χ0) is 41.7. The molecule has 0 spiro atoms. The van der Waals surface area contributed by atoms with E-state index >= 15 is 0 Å². The highest BCUT2D eigenvalue weighted by molar-refractivity contribution is 5.98. The SMILES string of the molecule is COC(=O)[C@@H]1CCCN1C(=O)C(c1ccccc1)c1ncc(NC(=O)[C@@H](CC2CCCCC2)NC(=O)C(C)(C)N)[nH]1.O=C(O)C(F)(F)F.O=C(O)C(F)(F)F. The quantitative estimate of drug-likeness (QED) is 0.148. The van der Waals surface area contributed by atoms with E-state index in [9.17, 15) is 45.5 Å². The Morgan fingerprint density at radius 1 is 0.927 bits per heavy atom. The van der Waals surface area contributed by atoms with Crippen LogP contribution in [0.25, 0.3) is 0 Å². The number of anilines is 1. The molecule has 55 heavy (non-hydrogen) atoms. The van der Waals surface area contributed by atoms with Gasteiger partial charge in [-0.3, -0.25) is 14.4 Å². The maximum Gasteiger partial charge on any atom is 0.490 e. The highest BCUT2D eigenvalue weighted by Crippen LogP contribution is 2.31. The van der Waals surface area contributed by atoms with E-state index in [-0.39, 0.29) is 11.8 Å². The summed E-state index contributed by atoms with van der Waals surface area (Å²) in [5.41, 5.74) is 5.57. The number of hydrogen-bond donors (Lipinski definition) is 6. The number of benzene rings is 1. The second-order valence-electron chi connectivity index (χ2n) is 13.3. The monoisotopic (exact) mass is 794 g/mol. The number of aromatic nitrogens is 2. The molecule has 2 aliphatic rings. The molecule has 21 heteroatoms. The number of nitrogens with one attached hydrogen (secondary N) is 3. The molecule has 306 valence electrons. The third kappa shape index (κ3) is 14.5. The van der Waals surface area contributed by atoms with Gasteiger partial charge in [0.15, 0.2) is 0 Å². The first-order chi connectivity index (χ1) is 25.5. The number of aromatic amines is 1. The Labute approximate surface area is 311 Å². The van der Waals surface area contributed by atoms with Gasteiger partial charge < -0.3 is 41.2 Å². The Kier molecular flexibility index (Phi) is 16.6. The molecule has 2 fully saturated rings. The summed E-state index contributed by atoms with van der Waals surface area (Å²) >= 11 is 0. The number of carboxylic acids is 2. The van der Waals surface area contributed by atoms with Crippen LogP contribution < -0.4 is 16.4 Å². The highest BCUT2D eigenvalue weighted by atomic mass is 19.4. The van der Waals surface area contributed by atoms with Crippen molar-refractivity contribution in [3.05, 3.63) is 47.9 Å². The van der Waals surface area contributed by atoms with Gasteiger partial charge in [0.2, 0.25) is 17.7 Å². The van der Waals surface area contributed by atoms with Gasteiger partial charge >= 0.3 is 30.3 Å². The summed E-state index contributed by atoms with van der Waals surface area (Å²) in [6.07, 6.45) is -1.51. The lowest BCUT2D eigenvalue weighted by Gasteiger charge is -2.28. The number of esters is 1. The number of carbonyl (C=O) groups is 6. The molecule has 1 aliphatic carbocycles. The van der Waals surface area contributed by atoms with Crippen molar-refractivity contribution < 1.29 is 70.1 Å². The number of halogens is 6. The third-order valence-electron chi connectivity index (χ3n) is 8.50. The fourth-order valence-electron chi connectivity index (χ4n) is 5.74. The van der Waals surface area contributed by atoms with E-state index in [0.717, 1.165) is 25.7 Å². The van der Waals surface area contributed by atoms with Crippen LogP contribution in [0.3, 0.4) is 0 Å². The van der Waals surface area contributed by atoms with Crippen LogP contribution in [0.4, 0.5) is 32.2 Å². The second kappa shape index (κ2) is 19.9. The van der Waals surface area contributed by atoms with Gasteiger partial charge in [-0.1, -0.05) is 62.4 Å². The van der Waals surface area contributed by atoms with Crippen molar-refractivity contribution >= 4 is 41.4 Å². The minimum absolute atomic E-state index is 0.274. The second-order valence-corrected chi connectivity index (χ2v) is 13.3. The molecule has 1 aromatic heterocycles. The molecule has 1 aromatic carbocycles. The molecule has 15 nitrogen and oxygen atoms in total. The summed E-state index contributed by atoms with van der Waals surface area (Å²) in [7, 11) is 1.32. The van der Waals surface area contributed by atoms with Crippen LogP contribution in [-0.4, -0.2) is 104 Å². The number of nitrogens with two attached hydrogens (primary N) is 1. The first kappa shape index (κ1) is 45.9. The topological polar surface area (TPSA) is 234 Å². The molecule has 4 rings (SSSR count). The lowest BCUT2D eigenvalue weighted by Crippen LogP contribution is -2.55. The molecular weight excluding hydrogens is 750 g/mol. The molecule has 3 amide bonds. The largest absolute Gasteiger partial charge is 0.490 e. The van der Waals surface area contributed by atoms with Crippen LogP contribution >= 0.6 is 0 Å². The predicted molar refractivity (Wildman–Crippen MR) is 181 cm³/mol. The standard InChI is InChI=1S/C30H42N6O5.2C2HF3O2/c1-30(2,31)29(40)33-21(17-19-11-6-4-7-12-19)26(37)35-23-18-32-25(34-23)24(20-13-8-5-9-14-20)27(38)36-16-10-15-22(36)28(39)41-3;2*3-2(4,5)1(6)7/h5,8-9,13-14,18-19,21-22,24H,4,6-7,10-12,15-17,31H2,1-3H3,(H,32,34)(H,33,40)(H,35,37);2*(H,6,7)/t21-,22+,24?;;/m1../s1. The minimum atomic E-state index is -5.08. The molecule has 7 N–H and O–H groups in total. The third-order valence-corrected chi connectivity index (χ3v) is 8.50. The Morgan fingerprint density at radius 3 is 1.96 bits per heavy atom. The van der Waals surface area contributed by atoms with Crippen molar-refractivity contribution in [2.75, 3.05) is 19.0 Å². The number of alkyl halides is 6. The predicted octanol–water partition coefficient (Wildman–Crippen LogP) is 4.10. The van der Waals surface area contributed by atoms with Crippen LogP contribution in [0.2, 0.25) is 0 Å². The number of amides is 3. The number of ether oxygens (including phenoxy) is 1. The van der Waals surface area contributed by atoms with E-state index in [4.69, 9.17) is 30.3 Å². The van der Waals surface area contributed by atoms with Crippen LogP contribution in [0.1, 0.15) is 82.5 Å². The van der Waals surface area contributed by atoms with Crippen LogP contribution in [0.5, 0.6) is 0 Å². The van der Waals surface area contributed by atoms with Gasteiger partial charge in [0, 0.05) is 6.54 Å². The number of rotatable bonds is 10. The lowest BCUT2D eigenvalue weighted by molar-refractivity contribution is -0.193. The normalized spacial score (nSPS) is 17.3. The van der Waals surface area contributed by atoms with Gasteiger partial charge in [-0.2, -0.15) is 26.3 Å². The zero-order valence-corrected chi connectivity index (χ0v) is 30.1. The molecule has 0 bridgehead atoms. The number of methoxy groups -OCH3 is 1. The van der Waals surface area contributed by atoms with Crippen molar-refractivity contribution in [1.82, 2.24) is 20.2 Å². The number of carboxylic acid groups (broad SMARTS) is 2. The van der Waals surface area contributed by atoms with E-state index in [0.29, 0.717) is 48.9 Å². The minimum Gasteiger partial charge on any atom is -0.475 e. The summed E-state index contributed by atoms with van der Waals surface area (Å²) in [6, 6.07) is 7.77. The number of carbonyl (C=O) groups excluding carboxylic acids is 4. The van der Waals surface area contributed by atoms with Crippen molar-refractivity contribution in [2.24, 2.45) is 11.7 Å². The summed E-state index contributed by atoms with van der Waals surface area (Å²) in [4.78, 5) is 79.3. The maximum absolute atomic E-state index is 13.9. The summed E-state index contributed by atoms with van der Waals surface area (Å²) in [6.45, 7) is 3.64. The van der Waals surface area contributed by atoms with Gasteiger partial charge in [-0.25, -0.2) is 19.4 Å². The van der Waals surface area contributed by atoms with Gasteiger partial charge in [-0.15, -0.1) is 0 Å². The van der Waals surface area contributed by atoms with E-state index in [1.165, 1.54) is 19.7 Å². The molecule has 2 aromatic rings. The average Bonchev–Trinajstić information content (AvgIpc) is 3.78. The van der Waals surface area contributed by atoms with Crippen molar-refractivity contribution in [3.8, 4) is 0 Å². The molecular formula is C34H44F6N6O9. The number of nitrogens with zero attached hydrogens (tertiary/aromatic N) is 2. The number of imidazole rings is 1. The van der Waals surface area contributed by atoms with Gasteiger partial charge in [0.05, 0.1) is 18.8 Å². The van der Waals surface area contributed by atoms with Crippen LogP contribution in [0, 0.1) is 5.92 Å². The molecule has 1 saturated heterocycles. The highest BCUT2D eigenvalue weighted by Gasteiger charge is 2.41. The Morgan fingerprint density at radius 2 is 1.47 bits per heavy atom. The number of hydrogen-bond acceptors (Lipinski definition) is 9. The van der Waals surface area contributed by atoms with E-state index in [1.807, 2.05) is 30.3 Å². The molecule has 1 aliphatic heterocycles.